The molecule has 0 nitrogen and oxygen atoms in total. The number of allylic oxidation sites excluding steroid dienone is 1. The molecule has 0 N–H and O–H groups in total. The highest BCUT2D eigenvalue weighted by Gasteiger charge is 2.25. The molecule has 0 spiro atoms. The number of unbranched alkanes of at least 4 members (excludes halogenated alkanes) is 1. The van der Waals surface area contributed by atoms with E-state index < -0.39 is 16.1 Å². The minimum Gasteiger partial charge on any atom is -0.0656 e. The zero-order valence-corrected chi connectivity index (χ0v) is 21.3. The lowest BCUT2D eigenvalue weighted by atomic mass is 9.93. The minimum absolute atomic E-state index is 1.15. The number of aryl methyl sites for hydroxylation is 1. The predicted molar refractivity (Wildman–Crippen MR) is 134 cm³/mol. The smallest absolute Gasteiger partial charge is 0.0656 e. The minimum atomic E-state index is -1.38. The van der Waals surface area contributed by atoms with E-state index in [-0.39, 0.29) is 0 Å². The lowest BCUT2D eigenvalue weighted by molar-refractivity contribution is 0.779. The molecule has 2 heteroatoms. The fourth-order valence-electron chi connectivity index (χ4n) is 4.18. The molecule has 2 aromatic carbocycles. The van der Waals surface area contributed by atoms with Gasteiger partial charge in [0.1, 0.15) is 0 Å². The fraction of sp³-hybridized carbons (Fsp3) is 0.462. The van der Waals surface area contributed by atoms with E-state index in [1.165, 1.54) is 47.1 Å². The topological polar surface area (TPSA) is 0 Å². The van der Waals surface area contributed by atoms with E-state index in [0.29, 0.717) is 0 Å². The van der Waals surface area contributed by atoms with Crippen molar-refractivity contribution in [2.45, 2.75) is 78.8 Å². The Kier molecular flexibility index (Phi) is 5.94. The van der Waals surface area contributed by atoms with Crippen LogP contribution in [0, 0.1) is 6.92 Å². The van der Waals surface area contributed by atoms with Crippen molar-refractivity contribution in [2.75, 3.05) is 0 Å². The van der Waals surface area contributed by atoms with Gasteiger partial charge >= 0.3 is 0 Å². The third-order valence-corrected chi connectivity index (χ3v) is 10.2. The third-order valence-electron chi connectivity index (χ3n) is 6.12. The predicted octanol–water partition coefficient (Wildman–Crippen LogP) is 6.88. The highest BCUT2D eigenvalue weighted by Crippen LogP contribution is 2.37. The molecule has 0 bridgehead atoms. The van der Waals surface area contributed by atoms with Crippen LogP contribution in [-0.2, 0) is 6.42 Å². The average Bonchev–Trinajstić information content (AvgIpc) is 3.00. The molecule has 0 heterocycles. The molecule has 3 rings (SSSR count). The van der Waals surface area contributed by atoms with Crippen LogP contribution in [0.2, 0.25) is 39.3 Å². The number of hydrogen-bond acceptors (Lipinski definition) is 0. The van der Waals surface area contributed by atoms with Gasteiger partial charge in [0.15, 0.2) is 0 Å². The lowest BCUT2D eigenvalue weighted by Gasteiger charge is -2.25. The van der Waals surface area contributed by atoms with E-state index in [9.17, 15) is 0 Å². The first-order chi connectivity index (χ1) is 13.0. The van der Waals surface area contributed by atoms with Gasteiger partial charge in [-0.05, 0) is 54.0 Å². The van der Waals surface area contributed by atoms with E-state index in [2.05, 4.69) is 89.5 Å². The molecule has 0 saturated carbocycles. The summed E-state index contributed by atoms with van der Waals surface area (Å²) < 4.78 is 0. The highest BCUT2D eigenvalue weighted by atomic mass is 28.3. The molecule has 0 amide bonds. The molecule has 1 aliphatic rings. The molecule has 0 atom stereocenters. The van der Waals surface area contributed by atoms with Crippen molar-refractivity contribution in [1.29, 1.82) is 0 Å². The molecular formula is C26H38Si2. The van der Waals surface area contributed by atoms with Gasteiger partial charge in [-0.15, -0.1) is 0 Å². The van der Waals surface area contributed by atoms with Gasteiger partial charge in [-0.3, -0.25) is 0 Å². The summed E-state index contributed by atoms with van der Waals surface area (Å²) in [4.78, 5) is 0. The van der Waals surface area contributed by atoms with Crippen molar-refractivity contribution < 1.29 is 0 Å². The Bertz CT molecular complexity index is 873. The summed E-state index contributed by atoms with van der Waals surface area (Å²) in [5, 5.41) is 3.21. The van der Waals surface area contributed by atoms with E-state index >= 15 is 0 Å². The Morgan fingerprint density at radius 1 is 0.857 bits per heavy atom. The summed E-state index contributed by atoms with van der Waals surface area (Å²) in [7, 11) is -2.75. The van der Waals surface area contributed by atoms with Crippen molar-refractivity contribution in [3.8, 4) is 11.1 Å². The monoisotopic (exact) mass is 406 g/mol. The number of rotatable bonds is 6. The molecule has 150 valence electrons. The van der Waals surface area contributed by atoms with Gasteiger partial charge in [-0.1, -0.05) is 105 Å². The standard InChI is InChI=1S/C26H38Si2/c1-9-10-11-20-14-21-13-12-19(2)26(25(21)15-20)22-16-23(27(3,4)5)18-24(17-22)28(6,7)8/h12-13,15-18H,9-11,14H2,1-8H3. The summed E-state index contributed by atoms with van der Waals surface area (Å²) in [5.41, 5.74) is 9.01. The fourth-order valence-corrected chi connectivity index (χ4v) is 6.67. The Hall–Kier alpha value is -1.39. The van der Waals surface area contributed by atoms with Crippen LogP contribution in [-0.4, -0.2) is 16.1 Å². The van der Waals surface area contributed by atoms with Crippen LogP contribution in [0.5, 0.6) is 0 Å². The van der Waals surface area contributed by atoms with E-state index in [1.54, 1.807) is 15.9 Å². The van der Waals surface area contributed by atoms with Crippen molar-refractivity contribution >= 4 is 32.6 Å². The SMILES string of the molecule is CCCCC1=Cc2c(ccc(C)c2-c2cc([Si](C)(C)C)cc([Si](C)(C)C)c2)C1. The Labute approximate surface area is 175 Å². The van der Waals surface area contributed by atoms with Gasteiger partial charge in [0.25, 0.3) is 0 Å². The lowest BCUT2D eigenvalue weighted by Crippen LogP contribution is -2.45. The normalized spacial score (nSPS) is 14.2. The van der Waals surface area contributed by atoms with Crippen LogP contribution in [0.15, 0.2) is 35.9 Å². The molecule has 2 aromatic rings. The van der Waals surface area contributed by atoms with Gasteiger partial charge in [-0.2, -0.15) is 0 Å². The maximum absolute atomic E-state index is 2.54. The maximum atomic E-state index is 2.54. The van der Waals surface area contributed by atoms with Crippen LogP contribution in [0.25, 0.3) is 17.2 Å². The van der Waals surface area contributed by atoms with E-state index in [4.69, 9.17) is 0 Å². The van der Waals surface area contributed by atoms with Gasteiger partial charge in [-0.25, -0.2) is 0 Å². The molecular weight excluding hydrogens is 368 g/mol. The first-order valence-corrected chi connectivity index (χ1v) is 18.0. The summed E-state index contributed by atoms with van der Waals surface area (Å²) in [5.74, 6) is 0. The number of benzene rings is 2. The molecule has 0 radical (unpaired) electrons. The largest absolute Gasteiger partial charge is 0.0776 e. The van der Waals surface area contributed by atoms with Crippen molar-refractivity contribution in [1.82, 2.24) is 0 Å². The van der Waals surface area contributed by atoms with Crippen LogP contribution in [0.1, 0.15) is 42.9 Å². The average molecular weight is 407 g/mol. The van der Waals surface area contributed by atoms with Gasteiger partial charge in [0.2, 0.25) is 0 Å². The summed E-state index contributed by atoms with van der Waals surface area (Å²) in [6.45, 7) is 19.4. The van der Waals surface area contributed by atoms with Crippen LogP contribution >= 0.6 is 0 Å². The second kappa shape index (κ2) is 7.80. The second-order valence-electron chi connectivity index (χ2n) is 10.7. The number of fused-ring (bicyclic) bond motifs is 1. The molecule has 0 unspecified atom stereocenters. The van der Waals surface area contributed by atoms with Crippen molar-refractivity contribution in [2.24, 2.45) is 0 Å². The molecule has 0 aromatic heterocycles. The van der Waals surface area contributed by atoms with E-state index in [0.717, 1.165) is 6.42 Å². The quantitative estimate of drug-likeness (QED) is 0.458. The summed E-state index contributed by atoms with van der Waals surface area (Å²) >= 11 is 0. The molecule has 28 heavy (non-hydrogen) atoms. The van der Waals surface area contributed by atoms with Gasteiger partial charge in [0.05, 0.1) is 16.1 Å². The van der Waals surface area contributed by atoms with Crippen LogP contribution in [0.3, 0.4) is 0 Å². The van der Waals surface area contributed by atoms with Crippen molar-refractivity contribution in [3.63, 3.8) is 0 Å². The molecule has 0 fully saturated rings. The first kappa shape index (κ1) is 21.3. The molecule has 0 saturated heterocycles. The van der Waals surface area contributed by atoms with Gasteiger partial charge < -0.3 is 0 Å². The van der Waals surface area contributed by atoms with Crippen molar-refractivity contribution in [3.05, 3.63) is 52.6 Å². The van der Waals surface area contributed by atoms with E-state index in [1.807, 2.05) is 0 Å². The van der Waals surface area contributed by atoms with Crippen LogP contribution in [0.4, 0.5) is 0 Å². The molecule has 1 aliphatic carbocycles. The molecule has 0 aliphatic heterocycles. The summed E-state index contributed by atoms with van der Waals surface area (Å²) in [6.07, 6.45) is 7.50. The van der Waals surface area contributed by atoms with Crippen LogP contribution < -0.4 is 10.4 Å². The Morgan fingerprint density at radius 3 is 2.00 bits per heavy atom. The Morgan fingerprint density at radius 2 is 1.46 bits per heavy atom. The Balaban J connectivity index is 2.20. The first-order valence-electron chi connectivity index (χ1n) is 11.0. The zero-order chi connectivity index (χ0) is 20.7. The maximum Gasteiger partial charge on any atom is 0.0776 e. The second-order valence-corrected chi connectivity index (χ2v) is 20.9. The highest BCUT2D eigenvalue weighted by molar-refractivity contribution is 6.91. The summed E-state index contributed by atoms with van der Waals surface area (Å²) in [6, 6.07) is 12.3. The van der Waals surface area contributed by atoms with Gasteiger partial charge in [0, 0.05) is 0 Å². The zero-order valence-electron chi connectivity index (χ0n) is 19.3. The number of hydrogen-bond donors (Lipinski definition) is 0. The third kappa shape index (κ3) is 4.44.